The highest BCUT2D eigenvalue weighted by molar-refractivity contribution is 6.31. The van der Waals surface area contributed by atoms with Crippen LogP contribution in [0.4, 0.5) is 4.39 Å². The average Bonchev–Trinajstić information content (AvgIpc) is 2.83. The Morgan fingerprint density at radius 2 is 1.90 bits per heavy atom. The van der Waals surface area contributed by atoms with Crippen LogP contribution in [0.3, 0.4) is 0 Å². The molecule has 20 heavy (non-hydrogen) atoms. The molecular formula is C15H13ClFN3. The van der Waals surface area contributed by atoms with Gasteiger partial charge in [-0.2, -0.15) is 0 Å². The van der Waals surface area contributed by atoms with Gasteiger partial charge in [-0.05, 0) is 35.9 Å². The van der Waals surface area contributed by atoms with Crippen LogP contribution in [0.15, 0.2) is 42.5 Å². The third-order valence-corrected chi connectivity index (χ3v) is 3.26. The molecule has 3 rings (SSSR count). The second-order valence-electron chi connectivity index (χ2n) is 4.57. The quantitative estimate of drug-likeness (QED) is 0.770. The Hall–Kier alpha value is -1.91. The Bertz CT molecular complexity index is 722. The highest BCUT2D eigenvalue weighted by Gasteiger charge is 2.03. The molecule has 0 saturated carbocycles. The first-order valence-corrected chi connectivity index (χ1v) is 6.68. The minimum absolute atomic E-state index is 0.220. The first-order valence-electron chi connectivity index (χ1n) is 6.30. The molecule has 0 fully saturated rings. The Morgan fingerprint density at radius 3 is 2.70 bits per heavy atom. The van der Waals surface area contributed by atoms with E-state index in [2.05, 4.69) is 15.3 Å². The van der Waals surface area contributed by atoms with Gasteiger partial charge in [0.05, 0.1) is 17.6 Å². The number of benzene rings is 2. The van der Waals surface area contributed by atoms with Gasteiger partial charge in [0, 0.05) is 11.6 Å². The average molecular weight is 290 g/mol. The molecule has 1 heterocycles. The summed E-state index contributed by atoms with van der Waals surface area (Å²) in [4.78, 5) is 7.68. The van der Waals surface area contributed by atoms with Crippen LogP contribution >= 0.6 is 11.6 Å². The van der Waals surface area contributed by atoms with E-state index in [1.165, 1.54) is 12.1 Å². The maximum Gasteiger partial charge on any atom is 0.123 e. The molecule has 1 aromatic heterocycles. The number of rotatable bonds is 4. The molecule has 2 N–H and O–H groups in total. The Labute approximate surface area is 120 Å². The van der Waals surface area contributed by atoms with Crippen molar-refractivity contribution < 1.29 is 4.39 Å². The summed E-state index contributed by atoms with van der Waals surface area (Å²) in [5.74, 6) is 0.632. The van der Waals surface area contributed by atoms with Crippen LogP contribution in [0.5, 0.6) is 0 Å². The van der Waals surface area contributed by atoms with Crippen LogP contribution in [0.2, 0.25) is 5.02 Å². The topological polar surface area (TPSA) is 40.7 Å². The lowest BCUT2D eigenvalue weighted by molar-refractivity contribution is 0.624. The van der Waals surface area contributed by atoms with Crippen molar-refractivity contribution in [1.82, 2.24) is 15.3 Å². The summed E-state index contributed by atoms with van der Waals surface area (Å²) >= 11 is 5.93. The predicted molar refractivity (Wildman–Crippen MR) is 78.0 cm³/mol. The van der Waals surface area contributed by atoms with Crippen molar-refractivity contribution in [2.24, 2.45) is 0 Å². The second kappa shape index (κ2) is 5.61. The minimum atomic E-state index is -0.220. The number of nitrogens with one attached hydrogen (secondary N) is 2. The van der Waals surface area contributed by atoms with Crippen LogP contribution in [-0.2, 0) is 13.1 Å². The molecule has 3 aromatic rings. The van der Waals surface area contributed by atoms with Crippen LogP contribution in [0, 0.1) is 5.82 Å². The van der Waals surface area contributed by atoms with E-state index < -0.39 is 0 Å². The van der Waals surface area contributed by atoms with E-state index in [-0.39, 0.29) is 5.82 Å². The van der Waals surface area contributed by atoms with Crippen LogP contribution < -0.4 is 5.32 Å². The van der Waals surface area contributed by atoms with E-state index in [1.807, 2.05) is 18.2 Å². The fraction of sp³-hybridized carbons (Fsp3) is 0.133. The molecule has 2 aromatic carbocycles. The monoisotopic (exact) mass is 289 g/mol. The molecule has 0 aliphatic heterocycles. The molecule has 0 aliphatic rings. The number of hydrogen-bond acceptors (Lipinski definition) is 2. The molecule has 102 valence electrons. The number of aromatic nitrogens is 2. The standard InChI is InChI=1S/C15H13ClFN3/c16-11-3-6-13-14(7-11)20-15(19-13)9-18-8-10-1-4-12(17)5-2-10/h1-7,18H,8-9H2,(H,19,20). The Morgan fingerprint density at radius 1 is 1.10 bits per heavy atom. The summed E-state index contributed by atoms with van der Waals surface area (Å²) in [5.41, 5.74) is 2.86. The van der Waals surface area contributed by atoms with Gasteiger partial charge in [-0.25, -0.2) is 9.37 Å². The number of halogens is 2. The van der Waals surface area contributed by atoms with Crippen LogP contribution in [0.25, 0.3) is 11.0 Å². The molecule has 0 spiro atoms. The summed E-state index contributed by atoms with van der Waals surface area (Å²) in [6.45, 7) is 1.28. The van der Waals surface area contributed by atoms with Gasteiger partial charge in [0.1, 0.15) is 11.6 Å². The van der Waals surface area contributed by atoms with Crippen molar-refractivity contribution >= 4 is 22.6 Å². The number of H-pyrrole nitrogens is 1. The third kappa shape index (κ3) is 2.98. The zero-order valence-corrected chi connectivity index (χ0v) is 11.4. The molecule has 5 heteroatoms. The van der Waals surface area contributed by atoms with E-state index in [0.717, 1.165) is 22.4 Å². The first kappa shape index (κ1) is 13.1. The lowest BCUT2D eigenvalue weighted by atomic mass is 10.2. The third-order valence-electron chi connectivity index (χ3n) is 3.03. The number of fused-ring (bicyclic) bond motifs is 1. The van der Waals surface area contributed by atoms with Gasteiger partial charge in [-0.15, -0.1) is 0 Å². The molecule has 0 radical (unpaired) electrons. The highest BCUT2D eigenvalue weighted by atomic mass is 35.5. The second-order valence-corrected chi connectivity index (χ2v) is 5.01. The highest BCUT2D eigenvalue weighted by Crippen LogP contribution is 2.17. The maximum absolute atomic E-state index is 12.8. The number of aromatic amines is 1. The van der Waals surface area contributed by atoms with E-state index in [0.29, 0.717) is 18.1 Å². The van der Waals surface area contributed by atoms with E-state index >= 15 is 0 Å². The number of hydrogen-bond donors (Lipinski definition) is 2. The number of nitrogens with zero attached hydrogens (tertiary/aromatic N) is 1. The molecule has 0 bridgehead atoms. The smallest absolute Gasteiger partial charge is 0.123 e. The lowest BCUT2D eigenvalue weighted by Gasteiger charge is -2.02. The molecule has 0 amide bonds. The zero-order valence-electron chi connectivity index (χ0n) is 10.7. The minimum Gasteiger partial charge on any atom is -0.341 e. The van der Waals surface area contributed by atoms with Crippen molar-refractivity contribution in [3.63, 3.8) is 0 Å². The summed E-state index contributed by atoms with van der Waals surface area (Å²) in [5, 5.41) is 3.95. The molecule has 0 unspecified atom stereocenters. The normalized spacial score (nSPS) is 11.1. The van der Waals surface area contributed by atoms with Crippen molar-refractivity contribution in [3.05, 3.63) is 64.7 Å². The van der Waals surface area contributed by atoms with Crippen molar-refractivity contribution in [2.45, 2.75) is 13.1 Å². The van der Waals surface area contributed by atoms with Crippen molar-refractivity contribution in [2.75, 3.05) is 0 Å². The van der Waals surface area contributed by atoms with Crippen molar-refractivity contribution in [3.8, 4) is 0 Å². The van der Waals surface area contributed by atoms with Gasteiger partial charge in [0.15, 0.2) is 0 Å². The summed E-state index contributed by atoms with van der Waals surface area (Å²) in [7, 11) is 0. The maximum atomic E-state index is 12.8. The summed E-state index contributed by atoms with van der Waals surface area (Å²) in [6.07, 6.45) is 0. The molecule has 0 aliphatic carbocycles. The number of imidazole rings is 1. The van der Waals surface area contributed by atoms with Gasteiger partial charge >= 0.3 is 0 Å². The van der Waals surface area contributed by atoms with Crippen LogP contribution in [-0.4, -0.2) is 9.97 Å². The predicted octanol–water partition coefficient (Wildman–Crippen LogP) is 3.65. The van der Waals surface area contributed by atoms with Crippen LogP contribution in [0.1, 0.15) is 11.4 Å². The van der Waals surface area contributed by atoms with Gasteiger partial charge < -0.3 is 10.3 Å². The van der Waals surface area contributed by atoms with E-state index in [1.54, 1.807) is 12.1 Å². The van der Waals surface area contributed by atoms with Gasteiger partial charge in [-0.1, -0.05) is 23.7 Å². The largest absolute Gasteiger partial charge is 0.341 e. The zero-order chi connectivity index (χ0) is 13.9. The fourth-order valence-corrected chi connectivity index (χ4v) is 2.22. The molecule has 0 atom stereocenters. The molecular weight excluding hydrogens is 277 g/mol. The Balaban J connectivity index is 1.63. The van der Waals surface area contributed by atoms with Crippen molar-refractivity contribution in [1.29, 1.82) is 0 Å². The summed E-state index contributed by atoms with van der Waals surface area (Å²) in [6, 6.07) is 12.0. The SMILES string of the molecule is Fc1ccc(CNCc2nc3ccc(Cl)cc3[nH]2)cc1. The molecule has 0 saturated heterocycles. The van der Waals surface area contributed by atoms with E-state index in [4.69, 9.17) is 11.6 Å². The Kier molecular flexibility index (Phi) is 3.67. The first-order chi connectivity index (χ1) is 9.70. The van der Waals surface area contributed by atoms with Gasteiger partial charge in [-0.3, -0.25) is 0 Å². The van der Waals surface area contributed by atoms with Gasteiger partial charge in [0.25, 0.3) is 0 Å². The molecule has 3 nitrogen and oxygen atoms in total. The van der Waals surface area contributed by atoms with E-state index in [9.17, 15) is 4.39 Å². The van der Waals surface area contributed by atoms with Gasteiger partial charge in [0.2, 0.25) is 0 Å². The lowest BCUT2D eigenvalue weighted by Crippen LogP contribution is -2.13. The summed E-state index contributed by atoms with van der Waals surface area (Å²) < 4.78 is 12.8. The fourth-order valence-electron chi connectivity index (χ4n) is 2.05.